The molecule has 0 heterocycles. The van der Waals surface area contributed by atoms with Crippen molar-refractivity contribution in [3.8, 4) is 5.75 Å². The van der Waals surface area contributed by atoms with E-state index in [0.717, 1.165) is 33.3 Å². The van der Waals surface area contributed by atoms with E-state index >= 15 is 0 Å². The predicted molar refractivity (Wildman–Crippen MR) is 89.3 cm³/mol. The second-order valence-corrected chi connectivity index (χ2v) is 6.00. The van der Waals surface area contributed by atoms with Crippen LogP contribution in [0.4, 0.5) is 0 Å². The Morgan fingerprint density at radius 1 is 1.14 bits per heavy atom. The lowest BCUT2D eigenvalue weighted by molar-refractivity contribution is 0.103. The van der Waals surface area contributed by atoms with Crippen LogP contribution in [-0.4, -0.2) is 12.4 Å². The van der Waals surface area contributed by atoms with Gasteiger partial charge in [-0.2, -0.15) is 0 Å². The fourth-order valence-corrected chi connectivity index (χ4v) is 2.60. The Balaban J connectivity index is 2.31. The van der Waals surface area contributed by atoms with Gasteiger partial charge >= 0.3 is 0 Å². The van der Waals surface area contributed by atoms with Gasteiger partial charge in [0.2, 0.25) is 0 Å². The Hall–Kier alpha value is -1.61. The Bertz CT molecular complexity index is 662. The molecule has 0 radical (unpaired) electrons. The van der Waals surface area contributed by atoms with Gasteiger partial charge in [0, 0.05) is 11.1 Å². The van der Waals surface area contributed by atoms with Crippen LogP contribution in [0.3, 0.4) is 0 Å². The third-order valence-corrected chi connectivity index (χ3v) is 3.91. The molecular weight excluding hydrogens is 328 g/mol. The SMILES string of the molecule is CCCOc1ccc(C(=O)c2cc(C)ccc2C)cc1Br. The van der Waals surface area contributed by atoms with E-state index in [-0.39, 0.29) is 5.78 Å². The van der Waals surface area contributed by atoms with E-state index in [0.29, 0.717) is 12.2 Å². The maximum absolute atomic E-state index is 12.6. The molecule has 0 aliphatic rings. The highest BCUT2D eigenvalue weighted by atomic mass is 79.9. The average molecular weight is 347 g/mol. The molecule has 0 unspecified atom stereocenters. The van der Waals surface area contributed by atoms with Gasteiger partial charge in [0.1, 0.15) is 5.75 Å². The van der Waals surface area contributed by atoms with Gasteiger partial charge < -0.3 is 4.74 Å². The molecule has 3 heteroatoms. The van der Waals surface area contributed by atoms with E-state index in [4.69, 9.17) is 4.74 Å². The summed E-state index contributed by atoms with van der Waals surface area (Å²) in [5.74, 6) is 0.813. The molecule has 2 aromatic rings. The Morgan fingerprint density at radius 3 is 2.57 bits per heavy atom. The topological polar surface area (TPSA) is 26.3 Å². The molecule has 0 bridgehead atoms. The number of carbonyl (C=O) groups excluding carboxylic acids is 1. The lowest BCUT2D eigenvalue weighted by Gasteiger charge is -2.10. The first kappa shape index (κ1) is 15.8. The third kappa shape index (κ3) is 3.73. The molecule has 0 amide bonds. The molecule has 21 heavy (non-hydrogen) atoms. The molecule has 0 spiro atoms. The average Bonchev–Trinajstić information content (AvgIpc) is 2.47. The van der Waals surface area contributed by atoms with E-state index in [9.17, 15) is 4.79 Å². The first-order valence-corrected chi connectivity index (χ1v) is 7.86. The van der Waals surface area contributed by atoms with Crippen LogP contribution >= 0.6 is 15.9 Å². The van der Waals surface area contributed by atoms with Crippen molar-refractivity contribution in [3.05, 3.63) is 63.1 Å². The number of rotatable bonds is 5. The molecule has 2 nitrogen and oxygen atoms in total. The molecule has 0 atom stereocenters. The largest absolute Gasteiger partial charge is 0.492 e. The lowest BCUT2D eigenvalue weighted by Crippen LogP contribution is -2.05. The standard InChI is InChI=1S/C18H19BrO2/c1-4-9-21-17-8-7-14(11-16(17)19)18(20)15-10-12(2)5-6-13(15)3/h5-8,10-11H,4,9H2,1-3H3. The molecule has 0 N–H and O–H groups in total. The highest BCUT2D eigenvalue weighted by Gasteiger charge is 2.14. The minimum Gasteiger partial charge on any atom is -0.492 e. The summed E-state index contributed by atoms with van der Waals surface area (Å²) in [7, 11) is 0. The van der Waals surface area contributed by atoms with E-state index in [1.807, 2.05) is 50.2 Å². The van der Waals surface area contributed by atoms with Crippen molar-refractivity contribution in [3.63, 3.8) is 0 Å². The van der Waals surface area contributed by atoms with Crippen LogP contribution in [0, 0.1) is 13.8 Å². The Labute approximate surface area is 134 Å². The van der Waals surface area contributed by atoms with Crippen molar-refractivity contribution in [1.82, 2.24) is 0 Å². The summed E-state index contributed by atoms with van der Waals surface area (Å²) >= 11 is 3.47. The van der Waals surface area contributed by atoms with Crippen LogP contribution in [0.2, 0.25) is 0 Å². The van der Waals surface area contributed by atoms with Gasteiger partial charge in [-0.3, -0.25) is 4.79 Å². The molecule has 0 aliphatic carbocycles. The van der Waals surface area contributed by atoms with E-state index in [2.05, 4.69) is 22.9 Å². The van der Waals surface area contributed by atoms with Crippen LogP contribution in [-0.2, 0) is 0 Å². The second-order valence-electron chi connectivity index (χ2n) is 5.14. The summed E-state index contributed by atoms with van der Waals surface area (Å²) in [4.78, 5) is 12.6. The van der Waals surface area contributed by atoms with Gasteiger partial charge in [-0.25, -0.2) is 0 Å². The minimum absolute atomic E-state index is 0.0407. The quantitative estimate of drug-likeness (QED) is 0.705. The summed E-state index contributed by atoms with van der Waals surface area (Å²) in [6.45, 7) is 6.68. The van der Waals surface area contributed by atoms with Crippen LogP contribution in [0.5, 0.6) is 5.75 Å². The number of hydrogen-bond donors (Lipinski definition) is 0. The minimum atomic E-state index is 0.0407. The zero-order valence-electron chi connectivity index (χ0n) is 12.6. The highest BCUT2D eigenvalue weighted by molar-refractivity contribution is 9.10. The number of aryl methyl sites for hydroxylation is 2. The molecule has 0 aromatic heterocycles. The van der Waals surface area contributed by atoms with Crippen LogP contribution in [0.15, 0.2) is 40.9 Å². The summed E-state index contributed by atoms with van der Waals surface area (Å²) in [5.41, 5.74) is 3.50. The number of hydrogen-bond acceptors (Lipinski definition) is 2. The molecule has 0 fully saturated rings. The molecule has 2 aromatic carbocycles. The van der Waals surface area contributed by atoms with E-state index in [1.165, 1.54) is 0 Å². The zero-order valence-corrected chi connectivity index (χ0v) is 14.2. The smallest absolute Gasteiger partial charge is 0.193 e. The molecule has 0 saturated carbocycles. The molecule has 110 valence electrons. The number of ether oxygens (including phenoxy) is 1. The van der Waals surface area contributed by atoms with Gasteiger partial charge in [0.05, 0.1) is 11.1 Å². The van der Waals surface area contributed by atoms with Crippen molar-refractivity contribution in [2.75, 3.05) is 6.61 Å². The van der Waals surface area contributed by atoms with Gasteiger partial charge in [-0.15, -0.1) is 0 Å². The number of carbonyl (C=O) groups is 1. The van der Waals surface area contributed by atoms with Gasteiger partial charge in [0.25, 0.3) is 0 Å². The molecular formula is C18H19BrO2. The monoisotopic (exact) mass is 346 g/mol. The van der Waals surface area contributed by atoms with E-state index < -0.39 is 0 Å². The third-order valence-electron chi connectivity index (χ3n) is 3.29. The van der Waals surface area contributed by atoms with Crippen LogP contribution in [0.25, 0.3) is 0 Å². The number of halogens is 1. The molecule has 0 aliphatic heterocycles. The number of benzene rings is 2. The van der Waals surface area contributed by atoms with Crippen LogP contribution in [0.1, 0.15) is 40.4 Å². The zero-order chi connectivity index (χ0) is 15.4. The normalized spacial score (nSPS) is 10.5. The fourth-order valence-electron chi connectivity index (χ4n) is 2.11. The van der Waals surface area contributed by atoms with Crippen LogP contribution < -0.4 is 4.74 Å². The number of ketones is 1. The van der Waals surface area contributed by atoms with E-state index in [1.54, 1.807) is 0 Å². The summed E-state index contributed by atoms with van der Waals surface area (Å²) in [6, 6.07) is 11.4. The summed E-state index contributed by atoms with van der Waals surface area (Å²) in [5, 5.41) is 0. The maximum Gasteiger partial charge on any atom is 0.193 e. The van der Waals surface area contributed by atoms with Crippen molar-refractivity contribution in [2.45, 2.75) is 27.2 Å². The summed E-state index contributed by atoms with van der Waals surface area (Å²) in [6.07, 6.45) is 0.954. The molecule has 0 saturated heterocycles. The fraction of sp³-hybridized carbons (Fsp3) is 0.278. The first-order valence-electron chi connectivity index (χ1n) is 7.07. The Morgan fingerprint density at radius 2 is 1.90 bits per heavy atom. The summed E-state index contributed by atoms with van der Waals surface area (Å²) < 4.78 is 6.42. The highest BCUT2D eigenvalue weighted by Crippen LogP contribution is 2.27. The second kappa shape index (κ2) is 6.90. The lowest BCUT2D eigenvalue weighted by atomic mass is 9.97. The van der Waals surface area contributed by atoms with Gasteiger partial charge in [-0.1, -0.05) is 24.6 Å². The predicted octanol–water partition coefficient (Wildman–Crippen LogP) is 5.09. The maximum atomic E-state index is 12.6. The van der Waals surface area contributed by atoms with Crippen molar-refractivity contribution in [2.24, 2.45) is 0 Å². The Kier molecular flexibility index (Phi) is 5.18. The molecule has 2 rings (SSSR count). The van der Waals surface area contributed by atoms with Crippen molar-refractivity contribution >= 4 is 21.7 Å². The van der Waals surface area contributed by atoms with Gasteiger partial charge in [-0.05, 0) is 66.0 Å². The van der Waals surface area contributed by atoms with Crippen molar-refractivity contribution in [1.29, 1.82) is 0 Å². The van der Waals surface area contributed by atoms with Crippen molar-refractivity contribution < 1.29 is 9.53 Å². The first-order chi connectivity index (χ1) is 10.0. The van der Waals surface area contributed by atoms with Gasteiger partial charge in [0.15, 0.2) is 5.78 Å².